The number of anilines is 1. The molecule has 10 heteroatoms. The van der Waals surface area contributed by atoms with Crippen molar-refractivity contribution in [1.82, 2.24) is 10.3 Å². The largest absolute Gasteiger partial charge is 0.349 e. The van der Waals surface area contributed by atoms with Crippen molar-refractivity contribution >= 4 is 64.4 Å². The Labute approximate surface area is 172 Å². The van der Waals surface area contributed by atoms with Gasteiger partial charge in [0.2, 0.25) is 5.91 Å². The molecular weight excluding hydrogens is 415 g/mol. The summed E-state index contributed by atoms with van der Waals surface area (Å²) >= 11 is 2.69. The zero-order chi connectivity index (χ0) is 17.2. The molecule has 2 heterocycles. The Morgan fingerprint density at radius 1 is 1.35 bits per heavy atom. The van der Waals surface area contributed by atoms with Gasteiger partial charge in [0, 0.05) is 11.9 Å². The predicted octanol–water partition coefficient (Wildman–Crippen LogP) is 3.09. The number of carbonyl (C=O) groups excluding carboxylic acids is 2. The van der Waals surface area contributed by atoms with Crippen molar-refractivity contribution < 1.29 is 9.59 Å². The molecule has 3 rings (SSSR count). The van der Waals surface area contributed by atoms with Crippen LogP contribution in [0.4, 0.5) is 5.13 Å². The number of hydrogen-bond acceptors (Lipinski definition) is 6. The van der Waals surface area contributed by atoms with Crippen LogP contribution in [0.1, 0.15) is 35.1 Å². The second-order valence-corrected chi connectivity index (χ2v) is 8.00. The lowest BCUT2D eigenvalue weighted by Crippen LogP contribution is -2.53. The Morgan fingerprint density at radius 3 is 2.65 bits per heavy atom. The lowest BCUT2D eigenvalue weighted by molar-refractivity contribution is -0.122. The number of halogens is 2. The minimum absolute atomic E-state index is 0. The molecule has 26 heavy (non-hydrogen) atoms. The molecule has 1 unspecified atom stereocenters. The van der Waals surface area contributed by atoms with E-state index in [1.165, 1.54) is 22.7 Å². The van der Waals surface area contributed by atoms with Gasteiger partial charge in [-0.05, 0) is 37.1 Å². The number of hydrogen-bond donors (Lipinski definition) is 3. The Hall–Kier alpha value is -1.19. The molecule has 2 amide bonds. The van der Waals surface area contributed by atoms with Gasteiger partial charge in [0.25, 0.3) is 5.91 Å². The van der Waals surface area contributed by atoms with Crippen LogP contribution in [0, 0.1) is 5.92 Å². The monoisotopic (exact) mass is 436 g/mol. The molecule has 4 N–H and O–H groups in total. The van der Waals surface area contributed by atoms with Crippen LogP contribution < -0.4 is 16.4 Å². The third kappa shape index (κ3) is 5.65. The molecule has 144 valence electrons. The molecular formula is C16H22Cl2N4O2S2. The lowest BCUT2D eigenvalue weighted by Gasteiger charge is -2.29. The van der Waals surface area contributed by atoms with Crippen LogP contribution in [0.2, 0.25) is 0 Å². The number of aromatic nitrogens is 1. The summed E-state index contributed by atoms with van der Waals surface area (Å²) < 4.78 is 0. The summed E-state index contributed by atoms with van der Waals surface area (Å²) in [4.78, 5) is 29.2. The van der Waals surface area contributed by atoms with Gasteiger partial charge in [-0.15, -0.1) is 47.5 Å². The molecule has 2 aromatic heterocycles. The average molecular weight is 437 g/mol. The first-order chi connectivity index (χ1) is 11.5. The Balaban J connectivity index is 0.00000169. The molecule has 0 saturated heterocycles. The highest BCUT2D eigenvalue weighted by Crippen LogP contribution is 2.39. The fourth-order valence-electron chi connectivity index (χ4n) is 2.58. The topological polar surface area (TPSA) is 97.1 Å². The summed E-state index contributed by atoms with van der Waals surface area (Å²) in [7, 11) is 0. The molecule has 0 aliphatic heterocycles. The summed E-state index contributed by atoms with van der Waals surface area (Å²) in [6.45, 7) is 2.43. The number of thiophene rings is 1. The number of carbonyl (C=O) groups is 2. The fourth-order valence-corrected chi connectivity index (χ4v) is 3.90. The summed E-state index contributed by atoms with van der Waals surface area (Å²) in [5.41, 5.74) is 6.14. The van der Waals surface area contributed by atoms with Crippen molar-refractivity contribution in [2.45, 2.75) is 31.7 Å². The highest BCUT2D eigenvalue weighted by atomic mass is 35.5. The minimum atomic E-state index is -0.330. The molecule has 0 spiro atoms. The molecule has 1 fully saturated rings. The van der Waals surface area contributed by atoms with Gasteiger partial charge in [0.05, 0.1) is 22.5 Å². The van der Waals surface area contributed by atoms with Gasteiger partial charge in [-0.3, -0.25) is 14.9 Å². The van der Waals surface area contributed by atoms with Crippen LogP contribution in [0.25, 0.3) is 0 Å². The van der Waals surface area contributed by atoms with Crippen LogP contribution in [-0.4, -0.2) is 28.9 Å². The number of thiazole rings is 1. The normalized spacial score (nSPS) is 15.2. The highest BCUT2D eigenvalue weighted by Gasteiger charge is 2.41. The number of nitrogens with two attached hydrogens (primary N) is 1. The van der Waals surface area contributed by atoms with Gasteiger partial charge >= 0.3 is 0 Å². The molecule has 6 nitrogen and oxygen atoms in total. The number of nitrogens with zero attached hydrogens (tertiary/aromatic N) is 1. The first-order valence-electron chi connectivity index (χ1n) is 7.80. The fraction of sp³-hybridized carbons (Fsp3) is 0.438. The van der Waals surface area contributed by atoms with E-state index >= 15 is 0 Å². The number of rotatable bonds is 7. The van der Waals surface area contributed by atoms with Crippen molar-refractivity contribution in [2.75, 3.05) is 11.9 Å². The van der Waals surface area contributed by atoms with Crippen molar-refractivity contribution in [3.8, 4) is 0 Å². The zero-order valence-corrected chi connectivity index (χ0v) is 17.5. The van der Waals surface area contributed by atoms with Crippen molar-refractivity contribution in [1.29, 1.82) is 0 Å². The van der Waals surface area contributed by atoms with Crippen molar-refractivity contribution in [3.63, 3.8) is 0 Å². The lowest BCUT2D eigenvalue weighted by atomic mass is 9.95. The molecule has 1 saturated carbocycles. The Morgan fingerprint density at radius 2 is 2.08 bits per heavy atom. The first kappa shape index (κ1) is 22.9. The molecule has 2 aromatic rings. The van der Waals surface area contributed by atoms with Crippen LogP contribution in [-0.2, 0) is 11.2 Å². The molecule has 1 aliphatic rings. The maximum absolute atomic E-state index is 12.2. The molecule has 0 bridgehead atoms. The molecule has 1 atom stereocenters. The SMILES string of the molecule is CC(CN)(NC(=O)Cc1csc(NC(=O)c2cccs2)n1)C1CC1.Cl.Cl. The van der Waals surface area contributed by atoms with E-state index in [-0.39, 0.29) is 48.6 Å². The summed E-state index contributed by atoms with van der Waals surface area (Å²) in [6, 6.07) is 3.58. The van der Waals surface area contributed by atoms with Crippen LogP contribution in [0.5, 0.6) is 0 Å². The summed E-state index contributed by atoms with van der Waals surface area (Å²) in [5, 5.41) is 9.93. The van der Waals surface area contributed by atoms with Crippen LogP contribution >= 0.6 is 47.5 Å². The zero-order valence-electron chi connectivity index (χ0n) is 14.2. The van der Waals surface area contributed by atoms with E-state index in [1.54, 1.807) is 11.4 Å². The van der Waals surface area contributed by atoms with E-state index < -0.39 is 0 Å². The van der Waals surface area contributed by atoms with Gasteiger partial charge in [-0.1, -0.05) is 6.07 Å². The average Bonchev–Trinajstić information content (AvgIpc) is 3.10. The van der Waals surface area contributed by atoms with Gasteiger partial charge in [-0.25, -0.2) is 4.98 Å². The first-order valence-corrected chi connectivity index (χ1v) is 9.56. The molecule has 1 aliphatic carbocycles. The smallest absolute Gasteiger partial charge is 0.267 e. The molecule has 0 radical (unpaired) electrons. The van der Waals surface area contributed by atoms with E-state index in [1.807, 2.05) is 18.4 Å². The number of nitrogens with one attached hydrogen (secondary N) is 2. The third-order valence-corrected chi connectivity index (χ3v) is 5.86. The van der Waals surface area contributed by atoms with Gasteiger partial charge in [0.15, 0.2) is 5.13 Å². The summed E-state index contributed by atoms with van der Waals surface area (Å²) in [5.74, 6) is 0.207. The third-order valence-electron chi connectivity index (χ3n) is 4.19. The predicted molar refractivity (Wildman–Crippen MR) is 111 cm³/mol. The standard InChI is InChI=1S/C16H20N4O2S2.2ClH/c1-16(9-17,10-4-5-10)20-13(21)7-11-8-24-15(18-11)19-14(22)12-3-2-6-23-12;;/h2-3,6,8,10H,4-5,7,9,17H2,1H3,(H,20,21)(H,18,19,22);2*1H. The summed E-state index contributed by atoms with van der Waals surface area (Å²) in [6.07, 6.45) is 2.42. The van der Waals surface area contributed by atoms with Crippen molar-refractivity contribution in [2.24, 2.45) is 11.7 Å². The van der Waals surface area contributed by atoms with Gasteiger partial charge in [-0.2, -0.15) is 0 Å². The van der Waals surface area contributed by atoms with E-state index in [2.05, 4.69) is 15.6 Å². The maximum Gasteiger partial charge on any atom is 0.267 e. The van der Waals surface area contributed by atoms with E-state index in [0.717, 1.165) is 12.8 Å². The highest BCUT2D eigenvalue weighted by molar-refractivity contribution is 7.14. The van der Waals surface area contributed by atoms with Crippen molar-refractivity contribution in [3.05, 3.63) is 33.5 Å². The second-order valence-electron chi connectivity index (χ2n) is 6.20. The van der Waals surface area contributed by atoms with Crippen LogP contribution in [0.15, 0.2) is 22.9 Å². The van der Waals surface area contributed by atoms with Gasteiger partial charge < -0.3 is 11.1 Å². The quantitative estimate of drug-likeness (QED) is 0.620. The van der Waals surface area contributed by atoms with E-state index in [4.69, 9.17) is 5.73 Å². The minimum Gasteiger partial charge on any atom is -0.349 e. The molecule has 0 aromatic carbocycles. The van der Waals surface area contributed by atoms with E-state index in [0.29, 0.717) is 28.2 Å². The Bertz CT molecular complexity index is 734. The maximum atomic E-state index is 12.2. The second kappa shape index (κ2) is 9.66. The number of amides is 2. The van der Waals surface area contributed by atoms with Gasteiger partial charge in [0.1, 0.15) is 0 Å². The Kier molecular flexibility index (Phi) is 8.49. The van der Waals surface area contributed by atoms with E-state index in [9.17, 15) is 9.59 Å². The van der Waals surface area contributed by atoms with Crippen LogP contribution in [0.3, 0.4) is 0 Å².